The summed E-state index contributed by atoms with van der Waals surface area (Å²) in [5.41, 5.74) is -2.14. The molecule has 3 aromatic rings. The van der Waals surface area contributed by atoms with Crippen molar-refractivity contribution < 1.29 is 35.9 Å². The summed E-state index contributed by atoms with van der Waals surface area (Å²) in [7, 11) is 0. The summed E-state index contributed by atoms with van der Waals surface area (Å²) >= 11 is 0. The Morgan fingerprint density at radius 2 is 1.14 bits per heavy atom. The second kappa shape index (κ2) is 11.8. The zero-order chi connectivity index (χ0) is 30.1. The van der Waals surface area contributed by atoms with E-state index in [1.807, 2.05) is 48.5 Å². The van der Waals surface area contributed by atoms with E-state index < -0.39 is 35.0 Å². The van der Waals surface area contributed by atoms with Gasteiger partial charge in [-0.15, -0.1) is 0 Å². The Bertz CT molecular complexity index is 1370. The van der Waals surface area contributed by atoms with Gasteiger partial charge in [0.15, 0.2) is 0 Å². The molecule has 0 bridgehead atoms. The highest BCUT2D eigenvalue weighted by Gasteiger charge is 2.40. The van der Waals surface area contributed by atoms with Crippen molar-refractivity contribution in [1.29, 1.82) is 0 Å². The van der Waals surface area contributed by atoms with Crippen molar-refractivity contribution in [3.8, 4) is 0 Å². The van der Waals surface area contributed by atoms with Crippen LogP contribution in [0.3, 0.4) is 0 Å². The Hall–Kier alpha value is -3.86. The lowest BCUT2D eigenvalue weighted by Crippen LogP contribution is -2.57. The highest BCUT2D eigenvalue weighted by molar-refractivity contribution is 5.95. The van der Waals surface area contributed by atoms with Crippen molar-refractivity contribution in [3.05, 3.63) is 107 Å². The van der Waals surface area contributed by atoms with Crippen molar-refractivity contribution in [3.63, 3.8) is 0 Å². The van der Waals surface area contributed by atoms with Crippen molar-refractivity contribution in [2.75, 3.05) is 39.3 Å². The van der Waals surface area contributed by atoms with Crippen molar-refractivity contribution >= 4 is 11.8 Å². The standard InChI is InChI=1S/C31H29F6N3O2/c32-30(33,34)24-17-23(18-25(19-24)31(35,36)37)29(42)40-12-11-27(26(20-40)21-7-3-1-4-8-21)38-13-15-39(16-14-38)28(41)22-9-5-2-6-10-22/h1-10,17-19,26-27H,11-16,20H2/t26-,27-/m0/s1. The van der Waals surface area contributed by atoms with E-state index >= 15 is 0 Å². The summed E-state index contributed by atoms with van der Waals surface area (Å²) in [4.78, 5) is 31.7. The fraction of sp³-hybridized carbons (Fsp3) is 0.355. The van der Waals surface area contributed by atoms with Gasteiger partial charge in [0.05, 0.1) is 11.1 Å². The van der Waals surface area contributed by atoms with Crippen LogP contribution in [0.25, 0.3) is 0 Å². The quantitative estimate of drug-likeness (QED) is 0.342. The molecule has 0 spiro atoms. The Morgan fingerprint density at radius 3 is 1.69 bits per heavy atom. The monoisotopic (exact) mass is 589 g/mol. The molecule has 2 fully saturated rings. The van der Waals surface area contributed by atoms with Crippen LogP contribution < -0.4 is 0 Å². The lowest BCUT2D eigenvalue weighted by atomic mass is 9.84. The average Bonchev–Trinajstić information content (AvgIpc) is 3.00. The number of hydrogen-bond donors (Lipinski definition) is 0. The molecule has 2 saturated heterocycles. The van der Waals surface area contributed by atoms with Gasteiger partial charge in [0, 0.05) is 62.4 Å². The topological polar surface area (TPSA) is 43.9 Å². The molecule has 3 aromatic carbocycles. The second-order valence-corrected chi connectivity index (χ2v) is 10.6. The van der Waals surface area contributed by atoms with Gasteiger partial charge in [-0.05, 0) is 42.3 Å². The maximum absolute atomic E-state index is 13.4. The number of benzene rings is 3. The summed E-state index contributed by atoms with van der Waals surface area (Å²) in [5.74, 6) is -1.15. The Labute approximate surface area is 239 Å². The first-order valence-electron chi connectivity index (χ1n) is 13.6. The third-order valence-corrected chi connectivity index (χ3v) is 8.02. The number of likely N-dealkylation sites (tertiary alicyclic amines) is 1. The molecule has 2 heterocycles. The van der Waals surface area contributed by atoms with Gasteiger partial charge >= 0.3 is 12.4 Å². The summed E-state index contributed by atoms with van der Waals surface area (Å²) < 4.78 is 80.6. The summed E-state index contributed by atoms with van der Waals surface area (Å²) in [6.45, 7) is 2.53. The van der Waals surface area contributed by atoms with Crippen LogP contribution in [0.15, 0.2) is 78.9 Å². The summed E-state index contributed by atoms with van der Waals surface area (Å²) in [6, 6.07) is 19.4. The number of carbonyl (C=O) groups excluding carboxylic acids is 2. The van der Waals surface area contributed by atoms with E-state index in [-0.39, 0.29) is 37.0 Å². The minimum atomic E-state index is -5.04. The number of hydrogen-bond acceptors (Lipinski definition) is 3. The number of alkyl halides is 6. The molecule has 0 aliphatic carbocycles. The van der Waals surface area contributed by atoms with Crippen LogP contribution in [0, 0.1) is 0 Å². The zero-order valence-electron chi connectivity index (χ0n) is 22.5. The molecule has 2 amide bonds. The van der Waals surface area contributed by atoms with Crippen LogP contribution >= 0.6 is 0 Å². The van der Waals surface area contributed by atoms with Gasteiger partial charge in [0.2, 0.25) is 0 Å². The lowest BCUT2D eigenvalue weighted by Gasteiger charge is -2.47. The minimum Gasteiger partial charge on any atom is -0.338 e. The maximum atomic E-state index is 13.4. The molecule has 0 N–H and O–H groups in total. The van der Waals surface area contributed by atoms with E-state index in [4.69, 9.17) is 0 Å². The molecular weight excluding hydrogens is 560 g/mol. The highest BCUT2D eigenvalue weighted by Crippen LogP contribution is 2.38. The predicted molar refractivity (Wildman–Crippen MR) is 144 cm³/mol. The minimum absolute atomic E-state index is 0.0258. The SMILES string of the molecule is O=C(c1ccccc1)N1CCN([C@H]2CCN(C(=O)c3cc(C(F)(F)F)cc(C(F)(F)F)c3)C[C@H]2c2ccccc2)CC1. The van der Waals surface area contributed by atoms with Crippen molar-refractivity contribution in [2.45, 2.75) is 30.7 Å². The first kappa shape index (κ1) is 29.6. The number of piperazine rings is 1. The smallest absolute Gasteiger partial charge is 0.338 e. The van der Waals surface area contributed by atoms with Crippen molar-refractivity contribution in [1.82, 2.24) is 14.7 Å². The van der Waals surface area contributed by atoms with Crippen LogP contribution in [0.5, 0.6) is 0 Å². The zero-order valence-corrected chi connectivity index (χ0v) is 22.5. The van der Waals surface area contributed by atoms with Crippen LogP contribution in [-0.4, -0.2) is 71.8 Å². The van der Waals surface area contributed by atoms with E-state index in [2.05, 4.69) is 4.90 Å². The Balaban J connectivity index is 1.35. The number of halogens is 6. The number of piperidine rings is 1. The fourth-order valence-corrected chi connectivity index (χ4v) is 5.87. The average molecular weight is 590 g/mol. The molecule has 0 aromatic heterocycles. The van der Waals surface area contributed by atoms with Crippen LogP contribution in [-0.2, 0) is 12.4 Å². The Morgan fingerprint density at radius 1 is 0.619 bits per heavy atom. The molecule has 0 radical (unpaired) electrons. The maximum Gasteiger partial charge on any atom is 0.416 e. The molecule has 42 heavy (non-hydrogen) atoms. The molecule has 2 aliphatic heterocycles. The number of carbonyl (C=O) groups is 2. The largest absolute Gasteiger partial charge is 0.416 e. The van der Waals surface area contributed by atoms with Crippen LogP contribution in [0.4, 0.5) is 26.3 Å². The second-order valence-electron chi connectivity index (χ2n) is 10.6. The van der Waals surface area contributed by atoms with E-state index in [9.17, 15) is 35.9 Å². The molecule has 0 saturated carbocycles. The van der Waals surface area contributed by atoms with E-state index in [0.717, 1.165) is 5.56 Å². The number of amides is 2. The van der Waals surface area contributed by atoms with Gasteiger partial charge in [0.1, 0.15) is 0 Å². The highest BCUT2D eigenvalue weighted by atomic mass is 19.4. The molecule has 11 heteroatoms. The third kappa shape index (κ3) is 6.46. The first-order chi connectivity index (χ1) is 19.9. The van der Waals surface area contributed by atoms with Gasteiger partial charge in [-0.1, -0.05) is 48.5 Å². The van der Waals surface area contributed by atoms with Gasteiger partial charge in [0.25, 0.3) is 11.8 Å². The summed E-state index contributed by atoms with van der Waals surface area (Å²) in [6.07, 6.45) is -9.61. The predicted octanol–water partition coefficient (Wildman–Crippen LogP) is 6.18. The molecular formula is C31H29F6N3O2. The van der Waals surface area contributed by atoms with E-state index in [1.165, 1.54) is 4.90 Å². The van der Waals surface area contributed by atoms with Gasteiger partial charge in [-0.3, -0.25) is 14.5 Å². The molecule has 5 nitrogen and oxygen atoms in total. The number of rotatable bonds is 4. The molecule has 0 unspecified atom stereocenters. The van der Waals surface area contributed by atoms with Crippen molar-refractivity contribution in [2.24, 2.45) is 0 Å². The fourth-order valence-electron chi connectivity index (χ4n) is 5.87. The van der Waals surface area contributed by atoms with Gasteiger partial charge < -0.3 is 9.80 Å². The normalized spacial score (nSPS) is 20.4. The molecule has 5 rings (SSSR count). The molecule has 2 atom stereocenters. The third-order valence-electron chi connectivity index (χ3n) is 8.02. The molecule has 2 aliphatic rings. The summed E-state index contributed by atoms with van der Waals surface area (Å²) in [5, 5.41) is 0. The van der Waals surface area contributed by atoms with E-state index in [0.29, 0.717) is 50.3 Å². The van der Waals surface area contributed by atoms with Crippen LogP contribution in [0.1, 0.15) is 49.7 Å². The van der Waals surface area contributed by atoms with Gasteiger partial charge in [-0.2, -0.15) is 26.3 Å². The first-order valence-corrected chi connectivity index (χ1v) is 13.6. The van der Waals surface area contributed by atoms with E-state index in [1.54, 1.807) is 17.0 Å². The number of nitrogens with zero attached hydrogens (tertiary/aromatic N) is 3. The van der Waals surface area contributed by atoms with Crippen LogP contribution in [0.2, 0.25) is 0 Å². The van der Waals surface area contributed by atoms with Gasteiger partial charge in [-0.25, -0.2) is 0 Å². The Kier molecular flexibility index (Phi) is 8.32. The lowest BCUT2D eigenvalue weighted by molar-refractivity contribution is -0.143. The molecule has 222 valence electrons.